The molecule has 0 radical (unpaired) electrons. The molecule has 2 heterocycles. The Morgan fingerprint density at radius 1 is 1.11 bits per heavy atom. The molecule has 0 saturated carbocycles. The van der Waals surface area contributed by atoms with Gasteiger partial charge in [0.1, 0.15) is 0 Å². The Morgan fingerprint density at radius 3 is 2.63 bits per heavy atom. The molecule has 1 saturated heterocycles. The highest BCUT2D eigenvalue weighted by Gasteiger charge is 2.35. The molecule has 2 aliphatic rings. The van der Waals surface area contributed by atoms with Crippen molar-refractivity contribution in [3.05, 3.63) is 46.8 Å². The predicted octanol–water partition coefficient (Wildman–Crippen LogP) is 2.08. The van der Waals surface area contributed by atoms with Crippen molar-refractivity contribution in [3.8, 4) is 0 Å². The Kier molecular flexibility index (Phi) is 4.51. The average molecular weight is 365 g/mol. The van der Waals surface area contributed by atoms with Gasteiger partial charge in [-0.1, -0.05) is 6.07 Å². The van der Waals surface area contributed by atoms with Crippen molar-refractivity contribution in [1.82, 2.24) is 15.4 Å². The van der Waals surface area contributed by atoms with Crippen LogP contribution in [0.3, 0.4) is 0 Å². The summed E-state index contributed by atoms with van der Waals surface area (Å²) in [6.45, 7) is 4.12. The molecule has 27 heavy (non-hydrogen) atoms. The molecule has 1 aromatic carbocycles. The number of hydrazine groups is 1. The molecule has 0 spiro atoms. The van der Waals surface area contributed by atoms with Crippen LogP contribution in [0.25, 0.3) is 0 Å². The summed E-state index contributed by atoms with van der Waals surface area (Å²) >= 11 is 0. The van der Waals surface area contributed by atoms with Gasteiger partial charge in [0.05, 0.1) is 5.92 Å². The minimum atomic E-state index is -0.399. The van der Waals surface area contributed by atoms with Crippen LogP contribution in [-0.4, -0.2) is 28.3 Å². The largest absolute Gasteiger partial charge is 0.312 e. The van der Waals surface area contributed by atoms with Gasteiger partial charge in [-0.15, -0.1) is 0 Å². The lowest BCUT2D eigenvalue weighted by Crippen LogP contribution is -2.37. The summed E-state index contributed by atoms with van der Waals surface area (Å²) < 4.78 is 0. The first-order valence-electron chi connectivity index (χ1n) is 9.30. The maximum atomic E-state index is 12.5. The topological polar surface area (TPSA) is 87.2 Å². The zero-order valence-corrected chi connectivity index (χ0v) is 15.6. The second kappa shape index (κ2) is 6.98. The molecule has 1 atom stereocenters. The van der Waals surface area contributed by atoms with Crippen LogP contribution in [0.5, 0.6) is 0 Å². The first-order chi connectivity index (χ1) is 13.0. The second-order valence-corrected chi connectivity index (χ2v) is 7.30. The van der Waals surface area contributed by atoms with Crippen molar-refractivity contribution < 1.29 is 9.59 Å². The van der Waals surface area contributed by atoms with E-state index >= 15 is 0 Å². The SMILES string of the molecule is Cc1cc(C)nc(NNC(=O)C2CC(=O)N(c3ccc4c(c3)CCC4)C2)n1. The van der Waals surface area contributed by atoms with Crippen LogP contribution in [0.4, 0.5) is 11.6 Å². The second-order valence-electron chi connectivity index (χ2n) is 7.30. The van der Waals surface area contributed by atoms with Crippen LogP contribution in [0, 0.1) is 19.8 Å². The van der Waals surface area contributed by atoms with Crippen LogP contribution in [-0.2, 0) is 22.4 Å². The molecule has 0 bridgehead atoms. The maximum Gasteiger partial charge on any atom is 0.243 e. The van der Waals surface area contributed by atoms with Gasteiger partial charge in [0.25, 0.3) is 0 Å². The standard InChI is InChI=1S/C20H23N5O2/c1-12-8-13(2)22-20(21-12)24-23-19(27)16-10-18(26)25(11-16)17-7-6-14-4-3-5-15(14)9-17/h6-9,16H,3-5,10-11H2,1-2H3,(H,23,27)(H,21,22,24). The number of carbonyl (C=O) groups is 2. The molecule has 1 aliphatic heterocycles. The number of fused-ring (bicyclic) bond motifs is 1. The number of hydrogen-bond donors (Lipinski definition) is 2. The molecule has 2 amide bonds. The van der Waals surface area contributed by atoms with Gasteiger partial charge < -0.3 is 4.90 Å². The summed E-state index contributed by atoms with van der Waals surface area (Å²) in [6.07, 6.45) is 3.55. The Balaban J connectivity index is 1.40. The van der Waals surface area contributed by atoms with Gasteiger partial charge in [-0.2, -0.15) is 0 Å². The Morgan fingerprint density at radius 2 is 1.85 bits per heavy atom. The molecule has 2 aromatic rings. The van der Waals surface area contributed by atoms with Crippen molar-refractivity contribution >= 4 is 23.5 Å². The fourth-order valence-electron chi connectivity index (χ4n) is 3.86. The van der Waals surface area contributed by atoms with Crippen LogP contribution < -0.4 is 15.8 Å². The van der Waals surface area contributed by atoms with Gasteiger partial charge in [-0.3, -0.25) is 20.4 Å². The summed E-state index contributed by atoms with van der Waals surface area (Å²) in [4.78, 5) is 35.1. The van der Waals surface area contributed by atoms with Crippen LogP contribution in [0.15, 0.2) is 24.3 Å². The van der Waals surface area contributed by atoms with Crippen LogP contribution in [0.2, 0.25) is 0 Å². The third-order valence-electron chi connectivity index (χ3n) is 5.17. The fourth-order valence-corrected chi connectivity index (χ4v) is 3.86. The van der Waals surface area contributed by atoms with E-state index in [1.54, 1.807) is 4.90 Å². The van der Waals surface area contributed by atoms with Crippen molar-refractivity contribution in [2.45, 2.75) is 39.5 Å². The van der Waals surface area contributed by atoms with Gasteiger partial charge in [-0.25, -0.2) is 9.97 Å². The molecule has 1 aliphatic carbocycles. The van der Waals surface area contributed by atoms with E-state index in [9.17, 15) is 9.59 Å². The van der Waals surface area contributed by atoms with E-state index < -0.39 is 5.92 Å². The van der Waals surface area contributed by atoms with Crippen molar-refractivity contribution in [2.75, 3.05) is 16.9 Å². The van der Waals surface area contributed by atoms with Crippen molar-refractivity contribution in [3.63, 3.8) is 0 Å². The first kappa shape index (κ1) is 17.5. The summed E-state index contributed by atoms with van der Waals surface area (Å²) in [7, 11) is 0. The Hall–Kier alpha value is -2.96. The number of benzene rings is 1. The molecule has 2 N–H and O–H groups in total. The Bertz CT molecular complexity index is 891. The molecule has 4 rings (SSSR count). The number of rotatable bonds is 4. The third-order valence-corrected chi connectivity index (χ3v) is 5.17. The maximum absolute atomic E-state index is 12.5. The molecule has 7 heteroatoms. The van der Waals surface area contributed by atoms with Gasteiger partial charge in [0.15, 0.2) is 0 Å². The van der Waals surface area contributed by atoms with E-state index in [4.69, 9.17) is 0 Å². The lowest BCUT2D eigenvalue weighted by atomic mass is 10.1. The minimum absolute atomic E-state index is 0.0178. The lowest BCUT2D eigenvalue weighted by molar-refractivity contribution is -0.125. The number of aromatic nitrogens is 2. The van der Waals surface area contributed by atoms with Gasteiger partial charge in [-0.05, 0) is 62.4 Å². The van der Waals surface area contributed by atoms with Crippen LogP contribution in [0.1, 0.15) is 35.4 Å². The van der Waals surface area contributed by atoms with Crippen LogP contribution >= 0.6 is 0 Å². The lowest BCUT2D eigenvalue weighted by Gasteiger charge is -2.18. The number of carbonyl (C=O) groups excluding carboxylic acids is 2. The monoisotopic (exact) mass is 365 g/mol. The number of aryl methyl sites for hydroxylation is 4. The predicted molar refractivity (Wildman–Crippen MR) is 102 cm³/mol. The summed E-state index contributed by atoms with van der Waals surface area (Å²) in [5.41, 5.74) is 10.6. The highest BCUT2D eigenvalue weighted by atomic mass is 16.2. The summed E-state index contributed by atoms with van der Waals surface area (Å²) in [5.74, 6) is -0.296. The molecule has 7 nitrogen and oxygen atoms in total. The van der Waals surface area contributed by atoms with E-state index in [1.165, 1.54) is 17.5 Å². The number of anilines is 2. The first-order valence-corrected chi connectivity index (χ1v) is 9.30. The third kappa shape index (κ3) is 3.63. The molecular formula is C20H23N5O2. The fraction of sp³-hybridized carbons (Fsp3) is 0.400. The van der Waals surface area contributed by atoms with E-state index in [2.05, 4.69) is 33.0 Å². The molecule has 1 unspecified atom stereocenters. The van der Waals surface area contributed by atoms with E-state index in [0.717, 1.165) is 29.9 Å². The zero-order chi connectivity index (χ0) is 19.0. The Labute approximate surface area is 158 Å². The molecule has 1 aromatic heterocycles. The number of amides is 2. The quantitative estimate of drug-likeness (QED) is 0.810. The molecule has 1 fully saturated rings. The van der Waals surface area contributed by atoms with Gasteiger partial charge in [0.2, 0.25) is 17.8 Å². The normalized spacial score (nSPS) is 18.5. The average Bonchev–Trinajstić information content (AvgIpc) is 3.24. The van der Waals surface area contributed by atoms with Crippen molar-refractivity contribution in [2.24, 2.45) is 5.92 Å². The molecular weight excluding hydrogens is 342 g/mol. The molecule has 140 valence electrons. The van der Waals surface area contributed by atoms with E-state index in [-0.39, 0.29) is 18.2 Å². The van der Waals surface area contributed by atoms with Gasteiger partial charge in [0, 0.05) is 30.0 Å². The van der Waals surface area contributed by atoms with E-state index in [0.29, 0.717) is 12.5 Å². The minimum Gasteiger partial charge on any atom is -0.312 e. The smallest absolute Gasteiger partial charge is 0.243 e. The summed E-state index contributed by atoms with van der Waals surface area (Å²) in [6, 6.07) is 8.06. The van der Waals surface area contributed by atoms with Gasteiger partial charge >= 0.3 is 0 Å². The summed E-state index contributed by atoms with van der Waals surface area (Å²) in [5, 5.41) is 0. The number of nitrogens with zero attached hydrogens (tertiary/aromatic N) is 3. The number of nitrogens with one attached hydrogen (secondary N) is 2. The van der Waals surface area contributed by atoms with E-state index in [1.807, 2.05) is 26.0 Å². The number of hydrogen-bond acceptors (Lipinski definition) is 5. The highest BCUT2D eigenvalue weighted by Crippen LogP contribution is 2.30. The van der Waals surface area contributed by atoms with Crippen molar-refractivity contribution in [1.29, 1.82) is 0 Å². The zero-order valence-electron chi connectivity index (χ0n) is 15.6. The highest BCUT2D eigenvalue weighted by molar-refractivity contribution is 6.00.